The molecule has 0 aliphatic heterocycles. The van der Waals surface area contributed by atoms with Gasteiger partial charge in [-0.25, -0.2) is 0 Å². The Morgan fingerprint density at radius 3 is 2.64 bits per heavy atom. The summed E-state index contributed by atoms with van der Waals surface area (Å²) in [6.45, 7) is 5.67. The van der Waals surface area contributed by atoms with E-state index in [2.05, 4.69) is 13.5 Å². The van der Waals surface area contributed by atoms with Gasteiger partial charge in [0.1, 0.15) is 0 Å². The van der Waals surface area contributed by atoms with Gasteiger partial charge in [0, 0.05) is 11.5 Å². The predicted octanol–water partition coefficient (Wildman–Crippen LogP) is 3.07. The van der Waals surface area contributed by atoms with Gasteiger partial charge >= 0.3 is 0 Å². The van der Waals surface area contributed by atoms with E-state index in [1.807, 2.05) is 0 Å². The average molecular weight is 177 g/mol. The molecule has 1 unspecified atom stereocenters. The van der Waals surface area contributed by atoms with Crippen molar-refractivity contribution in [2.24, 2.45) is 0 Å². The van der Waals surface area contributed by atoms with Crippen LogP contribution in [0.1, 0.15) is 39.0 Å². The van der Waals surface area contributed by atoms with Crippen molar-refractivity contribution >= 4 is 11.6 Å². The maximum Gasteiger partial charge on any atom is 0.0589 e. The standard InChI is InChI=1S/C9H17ClO/c1-3-4-5-6-9(11)7-8(2)10/h9,11H,2-7H2,1H3. The molecule has 0 fully saturated rings. The Balaban J connectivity index is 3.22. The molecule has 0 amide bonds. The largest absolute Gasteiger partial charge is 0.393 e. The van der Waals surface area contributed by atoms with Crippen molar-refractivity contribution in [1.29, 1.82) is 0 Å². The van der Waals surface area contributed by atoms with Gasteiger partial charge in [-0.05, 0) is 6.42 Å². The van der Waals surface area contributed by atoms with E-state index in [0.717, 1.165) is 12.8 Å². The van der Waals surface area contributed by atoms with Crippen LogP contribution in [0.2, 0.25) is 0 Å². The first kappa shape index (κ1) is 11.0. The molecule has 0 aliphatic rings. The van der Waals surface area contributed by atoms with Crippen LogP contribution in [0.25, 0.3) is 0 Å². The third kappa shape index (κ3) is 7.89. The molecule has 0 bridgehead atoms. The second kappa shape index (κ2) is 6.68. The van der Waals surface area contributed by atoms with Gasteiger partial charge in [0.25, 0.3) is 0 Å². The summed E-state index contributed by atoms with van der Waals surface area (Å²) >= 11 is 5.53. The minimum atomic E-state index is -0.286. The maximum absolute atomic E-state index is 9.30. The SMILES string of the molecule is C=C(Cl)CC(O)CCCCC. The lowest BCUT2D eigenvalue weighted by molar-refractivity contribution is 0.163. The summed E-state index contributed by atoms with van der Waals surface area (Å²) in [6.07, 6.45) is 4.55. The van der Waals surface area contributed by atoms with E-state index in [0.29, 0.717) is 11.5 Å². The lowest BCUT2D eigenvalue weighted by Gasteiger charge is -2.07. The molecule has 2 heteroatoms. The number of rotatable bonds is 6. The molecular weight excluding hydrogens is 160 g/mol. The van der Waals surface area contributed by atoms with Crippen molar-refractivity contribution in [3.05, 3.63) is 11.6 Å². The van der Waals surface area contributed by atoms with E-state index in [1.165, 1.54) is 12.8 Å². The van der Waals surface area contributed by atoms with Crippen LogP contribution in [0.3, 0.4) is 0 Å². The maximum atomic E-state index is 9.30. The third-order valence-electron chi connectivity index (χ3n) is 1.60. The lowest BCUT2D eigenvalue weighted by atomic mass is 10.1. The minimum Gasteiger partial charge on any atom is -0.393 e. The molecule has 0 saturated carbocycles. The highest BCUT2D eigenvalue weighted by molar-refractivity contribution is 6.29. The Morgan fingerprint density at radius 1 is 1.55 bits per heavy atom. The van der Waals surface area contributed by atoms with E-state index in [-0.39, 0.29) is 6.10 Å². The zero-order valence-corrected chi connectivity index (χ0v) is 7.90. The highest BCUT2D eigenvalue weighted by Crippen LogP contribution is 2.12. The molecule has 1 N–H and O–H groups in total. The molecule has 1 atom stereocenters. The second-order valence-electron chi connectivity index (χ2n) is 2.87. The fraction of sp³-hybridized carbons (Fsp3) is 0.778. The number of halogens is 1. The van der Waals surface area contributed by atoms with Gasteiger partial charge in [-0.3, -0.25) is 0 Å². The van der Waals surface area contributed by atoms with Crippen LogP contribution >= 0.6 is 11.6 Å². The van der Waals surface area contributed by atoms with Gasteiger partial charge < -0.3 is 5.11 Å². The van der Waals surface area contributed by atoms with Crippen LogP contribution in [0.5, 0.6) is 0 Å². The molecule has 0 saturated heterocycles. The van der Waals surface area contributed by atoms with E-state index >= 15 is 0 Å². The van der Waals surface area contributed by atoms with Gasteiger partial charge in [0.05, 0.1) is 6.10 Å². The molecule has 0 aromatic heterocycles. The quantitative estimate of drug-likeness (QED) is 0.617. The van der Waals surface area contributed by atoms with Crippen molar-refractivity contribution < 1.29 is 5.11 Å². The summed E-state index contributed by atoms with van der Waals surface area (Å²) in [5.41, 5.74) is 0. The van der Waals surface area contributed by atoms with Crippen molar-refractivity contribution in [3.8, 4) is 0 Å². The topological polar surface area (TPSA) is 20.2 Å². The summed E-state index contributed by atoms with van der Waals surface area (Å²) in [5.74, 6) is 0. The fourth-order valence-corrected chi connectivity index (χ4v) is 1.17. The van der Waals surface area contributed by atoms with E-state index in [1.54, 1.807) is 0 Å². The van der Waals surface area contributed by atoms with Gasteiger partial charge in [-0.1, -0.05) is 44.4 Å². The van der Waals surface area contributed by atoms with Crippen LogP contribution in [-0.2, 0) is 0 Å². The monoisotopic (exact) mass is 176 g/mol. The molecule has 0 rings (SSSR count). The van der Waals surface area contributed by atoms with Crippen LogP contribution in [-0.4, -0.2) is 11.2 Å². The first-order chi connectivity index (χ1) is 5.16. The lowest BCUT2D eigenvalue weighted by Crippen LogP contribution is -2.05. The van der Waals surface area contributed by atoms with Gasteiger partial charge in [0.2, 0.25) is 0 Å². The Labute approximate surface area is 74.1 Å². The summed E-state index contributed by atoms with van der Waals surface area (Å²) in [6, 6.07) is 0. The first-order valence-corrected chi connectivity index (χ1v) is 4.56. The zero-order chi connectivity index (χ0) is 8.69. The summed E-state index contributed by atoms with van der Waals surface area (Å²) in [5, 5.41) is 9.85. The molecular formula is C9H17ClO. The second-order valence-corrected chi connectivity index (χ2v) is 3.41. The van der Waals surface area contributed by atoms with Crippen molar-refractivity contribution in [2.45, 2.75) is 45.1 Å². The molecule has 0 heterocycles. The Bertz CT molecular complexity index is 112. The van der Waals surface area contributed by atoms with Gasteiger partial charge in [-0.2, -0.15) is 0 Å². The highest BCUT2D eigenvalue weighted by Gasteiger charge is 2.03. The van der Waals surface area contributed by atoms with Crippen molar-refractivity contribution in [3.63, 3.8) is 0 Å². The number of aliphatic hydroxyl groups excluding tert-OH is 1. The summed E-state index contributed by atoms with van der Waals surface area (Å²) in [4.78, 5) is 0. The Morgan fingerprint density at radius 2 is 2.18 bits per heavy atom. The molecule has 0 spiro atoms. The molecule has 11 heavy (non-hydrogen) atoms. The highest BCUT2D eigenvalue weighted by atomic mass is 35.5. The molecule has 1 nitrogen and oxygen atoms in total. The zero-order valence-electron chi connectivity index (χ0n) is 7.15. The number of unbranched alkanes of at least 4 members (excludes halogenated alkanes) is 2. The molecule has 0 aromatic carbocycles. The normalized spacial score (nSPS) is 13.0. The predicted molar refractivity (Wildman–Crippen MR) is 49.8 cm³/mol. The van der Waals surface area contributed by atoms with E-state index in [4.69, 9.17) is 11.6 Å². The Hall–Kier alpha value is -0.0100. The van der Waals surface area contributed by atoms with Crippen LogP contribution in [0.4, 0.5) is 0 Å². The van der Waals surface area contributed by atoms with Gasteiger partial charge in [0.15, 0.2) is 0 Å². The number of hydrogen-bond acceptors (Lipinski definition) is 1. The summed E-state index contributed by atoms with van der Waals surface area (Å²) in [7, 11) is 0. The summed E-state index contributed by atoms with van der Waals surface area (Å²) < 4.78 is 0. The third-order valence-corrected chi connectivity index (χ3v) is 1.75. The molecule has 0 aromatic rings. The first-order valence-electron chi connectivity index (χ1n) is 4.18. The van der Waals surface area contributed by atoms with E-state index < -0.39 is 0 Å². The molecule has 0 radical (unpaired) electrons. The van der Waals surface area contributed by atoms with E-state index in [9.17, 15) is 5.11 Å². The smallest absolute Gasteiger partial charge is 0.0589 e. The fourth-order valence-electron chi connectivity index (χ4n) is 0.988. The van der Waals surface area contributed by atoms with Crippen molar-refractivity contribution in [2.75, 3.05) is 0 Å². The van der Waals surface area contributed by atoms with Crippen LogP contribution in [0, 0.1) is 0 Å². The average Bonchev–Trinajstić information content (AvgIpc) is 1.86. The number of aliphatic hydroxyl groups is 1. The van der Waals surface area contributed by atoms with Crippen molar-refractivity contribution in [1.82, 2.24) is 0 Å². The Kier molecular flexibility index (Phi) is 6.68. The molecule has 66 valence electrons. The van der Waals surface area contributed by atoms with Crippen LogP contribution < -0.4 is 0 Å². The van der Waals surface area contributed by atoms with Gasteiger partial charge in [-0.15, -0.1) is 0 Å². The molecule has 0 aliphatic carbocycles. The number of hydrogen-bond donors (Lipinski definition) is 1. The minimum absolute atomic E-state index is 0.286. The van der Waals surface area contributed by atoms with Crippen LogP contribution in [0.15, 0.2) is 11.6 Å².